The van der Waals surface area contributed by atoms with E-state index in [1.165, 1.54) is 6.08 Å². The van der Waals surface area contributed by atoms with Gasteiger partial charge in [0.15, 0.2) is 0 Å². The fourth-order valence-corrected chi connectivity index (χ4v) is 0.750. The second kappa shape index (κ2) is 4.66. The first kappa shape index (κ1) is 11.7. The first-order valence-corrected chi connectivity index (χ1v) is 4.32. The molecular formula is C10H16N2O. The van der Waals surface area contributed by atoms with Crippen LogP contribution in [0.2, 0.25) is 0 Å². The van der Waals surface area contributed by atoms with E-state index in [2.05, 4.69) is 11.4 Å². The Balaban J connectivity index is 4.48. The van der Waals surface area contributed by atoms with E-state index in [1.54, 1.807) is 19.9 Å². The number of nitriles is 1. The molecule has 0 aromatic carbocycles. The van der Waals surface area contributed by atoms with E-state index in [-0.39, 0.29) is 11.8 Å². The van der Waals surface area contributed by atoms with Gasteiger partial charge < -0.3 is 5.32 Å². The number of nitrogens with zero attached hydrogens (tertiary/aromatic N) is 1. The molecule has 0 bridgehead atoms. The van der Waals surface area contributed by atoms with Gasteiger partial charge in [-0.3, -0.25) is 4.79 Å². The second-order valence-corrected chi connectivity index (χ2v) is 3.46. The molecule has 1 atom stereocenters. The van der Waals surface area contributed by atoms with Crippen LogP contribution < -0.4 is 5.32 Å². The number of amides is 1. The number of hydrogen-bond acceptors (Lipinski definition) is 2. The van der Waals surface area contributed by atoms with Crippen LogP contribution in [0.3, 0.4) is 0 Å². The summed E-state index contributed by atoms with van der Waals surface area (Å²) in [5.74, 6) is -0.132. The Morgan fingerprint density at radius 3 is 2.46 bits per heavy atom. The highest BCUT2D eigenvalue weighted by Gasteiger charge is 2.28. The van der Waals surface area contributed by atoms with Gasteiger partial charge in [0.2, 0.25) is 5.91 Å². The molecule has 0 aliphatic rings. The van der Waals surface area contributed by atoms with Gasteiger partial charge in [-0.2, -0.15) is 5.26 Å². The number of allylic oxidation sites excluding steroid dienone is 1. The van der Waals surface area contributed by atoms with Crippen LogP contribution in [-0.4, -0.2) is 11.4 Å². The van der Waals surface area contributed by atoms with Crippen molar-refractivity contribution in [2.24, 2.45) is 5.92 Å². The maximum atomic E-state index is 11.2. The molecule has 0 aliphatic carbocycles. The van der Waals surface area contributed by atoms with Crippen molar-refractivity contribution in [1.82, 2.24) is 5.32 Å². The zero-order valence-corrected chi connectivity index (χ0v) is 8.59. The summed E-state index contributed by atoms with van der Waals surface area (Å²) < 4.78 is 0. The molecule has 1 N–H and O–H groups in total. The van der Waals surface area contributed by atoms with Crippen molar-refractivity contribution in [1.29, 1.82) is 5.26 Å². The molecule has 0 fully saturated rings. The highest BCUT2D eigenvalue weighted by Crippen LogP contribution is 2.14. The van der Waals surface area contributed by atoms with Crippen molar-refractivity contribution >= 4 is 5.91 Å². The van der Waals surface area contributed by atoms with Gasteiger partial charge >= 0.3 is 0 Å². The smallest absolute Gasteiger partial charge is 0.244 e. The first-order valence-electron chi connectivity index (χ1n) is 4.32. The molecule has 0 rings (SSSR count). The van der Waals surface area contributed by atoms with Crippen molar-refractivity contribution < 1.29 is 4.79 Å². The van der Waals surface area contributed by atoms with E-state index in [0.717, 1.165) is 0 Å². The lowest BCUT2D eigenvalue weighted by atomic mass is 9.90. The molecular weight excluding hydrogens is 164 g/mol. The Bertz CT molecular complexity index is 250. The lowest BCUT2D eigenvalue weighted by molar-refractivity contribution is -0.118. The van der Waals surface area contributed by atoms with Crippen LogP contribution in [0.1, 0.15) is 27.7 Å². The average molecular weight is 180 g/mol. The summed E-state index contributed by atoms with van der Waals surface area (Å²) in [7, 11) is 0. The van der Waals surface area contributed by atoms with Gasteiger partial charge in [-0.25, -0.2) is 0 Å². The third-order valence-corrected chi connectivity index (χ3v) is 2.09. The van der Waals surface area contributed by atoms with Gasteiger partial charge in [-0.05, 0) is 25.8 Å². The SMILES string of the molecule is C/C=C/C(=O)NC(C)(C#N)C(C)C. The Hall–Kier alpha value is -1.30. The summed E-state index contributed by atoms with van der Waals surface area (Å²) in [6.07, 6.45) is 3.06. The normalized spacial score (nSPS) is 15.4. The van der Waals surface area contributed by atoms with Crippen LogP contribution in [0.5, 0.6) is 0 Å². The summed E-state index contributed by atoms with van der Waals surface area (Å²) in [4.78, 5) is 11.2. The largest absolute Gasteiger partial charge is 0.334 e. The molecule has 0 heterocycles. The van der Waals surface area contributed by atoms with Crippen LogP contribution in [0.4, 0.5) is 0 Å². The Labute approximate surface area is 79.4 Å². The number of hydrogen-bond donors (Lipinski definition) is 1. The molecule has 3 heteroatoms. The van der Waals surface area contributed by atoms with E-state index >= 15 is 0 Å². The van der Waals surface area contributed by atoms with Crippen LogP contribution in [0, 0.1) is 17.2 Å². The minimum absolute atomic E-state index is 0.0895. The van der Waals surface area contributed by atoms with Gasteiger partial charge in [-0.15, -0.1) is 0 Å². The molecule has 0 aromatic rings. The second-order valence-electron chi connectivity index (χ2n) is 3.46. The van der Waals surface area contributed by atoms with E-state index < -0.39 is 5.54 Å². The Morgan fingerprint density at radius 1 is 1.62 bits per heavy atom. The van der Waals surface area contributed by atoms with Gasteiger partial charge in [0.25, 0.3) is 0 Å². The molecule has 3 nitrogen and oxygen atoms in total. The minimum Gasteiger partial charge on any atom is -0.334 e. The van der Waals surface area contributed by atoms with Crippen LogP contribution in [0.25, 0.3) is 0 Å². The third-order valence-electron chi connectivity index (χ3n) is 2.09. The lowest BCUT2D eigenvalue weighted by Crippen LogP contribution is -2.48. The zero-order chi connectivity index (χ0) is 10.5. The van der Waals surface area contributed by atoms with Crippen LogP contribution in [-0.2, 0) is 4.79 Å². The average Bonchev–Trinajstić information content (AvgIpc) is 2.04. The van der Waals surface area contributed by atoms with Gasteiger partial charge in [0.05, 0.1) is 6.07 Å². The molecule has 0 saturated heterocycles. The molecule has 13 heavy (non-hydrogen) atoms. The Kier molecular flexibility index (Phi) is 4.19. The van der Waals surface area contributed by atoms with Gasteiger partial charge in [0.1, 0.15) is 5.54 Å². The fourth-order valence-electron chi connectivity index (χ4n) is 0.750. The maximum absolute atomic E-state index is 11.2. The summed E-state index contributed by atoms with van der Waals surface area (Å²) in [6, 6.07) is 2.10. The molecule has 72 valence electrons. The zero-order valence-electron chi connectivity index (χ0n) is 8.59. The number of carbonyl (C=O) groups excluding carboxylic acids is 1. The summed E-state index contributed by atoms with van der Waals surface area (Å²) in [6.45, 7) is 7.29. The van der Waals surface area contributed by atoms with Crippen molar-refractivity contribution in [3.05, 3.63) is 12.2 Å². The molecule has 0 saturated carbocycles. The first-order chi connectivity index (χ1) is 5.96. The standard InChI is InChI=1S/C10H16N2O/c1-5-6-9(13)12-10(4,7-11)8(2)3/h5-6,8H,1-4H3,(H,12,13)/b6-5+. The lowest BCUT2D eigenvalue weighted by Gasteiger charge is -2.26. The van der Waals surface area contributed by atoms with E-state index in [9.17, 15) is 4.79 Å². The third kappa shape index (κ3) is 3.29. The van der Waals surface area contributed by atoms with Crippen molar-refractivity contribution in [2.75, 3.05) is 0 Å². The fraction of sp³-hybridized carbons (Fsp3) is 0.600. The van der Waals surface area contributed by atoms with Crippen molar-refractivity contribution in [3.63, 3.8) is 0 Å². The van der Waals surface area contributed by atoms with E-state index in [1.807, 2.05) is 13.8 Å². The van der Waals surface area contributed by atoms with E-state index in [4.69, 9.17) is 5.26 Å². The molecule has 0 aliphatic heterocycles. The summed E-state index contributed by atoms with van der Waals surface area (Å²) >= 11 is 0. The number of rotatable bonds is 3. The number of nitrogens with one attached hydrogen (secondary N) is 1. The molecule has 0 radical (unpaired) electrons. The molecule has 1 amide bonds. The number of carbonyl (C=O) groups is 1. The topological polar surface area (TPSA) is 52.9 Å². The maximum Gasteiger partial charge on any atom is 0.244 e. The van der Waals surface area contributed by atoms with Crippen LogP contribution in [0.15, 0.2) is 12.2 Å². The van der Waals surface area contributed by atoms with Crippen LogP contribution >= 0.6 is 0 Å². The van der Waals surface area contributed by atoms with Crippen molar-refractivity contribution in [3.8, 4) is 6.07 Å². The quantitative estimate of drug-likeness (QED) is 0.671. The monoisotopic (exact) mass is 180 g/mol. The summed E-state index contributed by atoms with van der Waals surface area (Å²) in [5, 5.41) is 11.5. The Morgan fingerprint density at radius 2 is 2.15 bits per heavy atom. The van der Waals surface area contributed by atoms with Gasteiger partial charge in [0, 0.05) is 0 Å². The minimum atomic E-state index is -0.781. The summed E-state index contributed by atoms with van der Waals surface area (Å²) in [5.41, 5.74) is -0.781. The highest BCUT2D eigenvalue weighted by atomic mass is 16.1. The van der Waals surface area contributed by atoms with Crippen molar-refractivity contribution in [2.45, 2.75) is 33.2 Å². The predicted octanol–water partition coefficient (Wildman–Crippen LogP) is 1.62. The molecule has 0 aromatic heterocycles. The predicted molar refractivity (Wildman–Crippen MR) is 51.8 cm³/mol. The molecule has 1 unspecified atom stereocenters. The van der Waals surface area contributed by atoms with Gasteiger partial charge in [-0.1, -0.05) is 19.9 Å². The molecule has 0 spiro atoms. The van der Waals surface area contributed by atoms with E-state index in [0.29, 0.717) is 0 Å². The highest BCUT2D eigenvalue weighted by molar-refractivity contribution is 5.88.